The van der Waals surface area contributed by atoms with Crippen molar-refractivity contribution in [3.63, 3.8) is 0 Å². The van der Waals surface area contributed by atoms with Gasteiger partial charge in [-0.1, -0.05) is 6.92 Å². The van der Waals surface area contributed by atoms with Gasteiger partial charge < -0.3 is 5.32 Å². The van der Waals surface area contributed by atoms with Crippen LogP contribution in [0.3, 0.4) is 0 Å². The van der Waals surface area contributed by atoms with Crippen molar-refractivity contribution in [1.82, 2.24) is 0 Å². The second-order valence-electron chi connectivity index (χ2n) is 0.632. The summed E-state index contributed by atoms with van der Waals surface area (Å²) in [6.07, 6.45) is 0. The van der Waals surface area contributed by atoms with Crippen LogP contribution in [0.1, 0.15) is 6.92 Å². The van der Waals surface area contributed by atoms with Gasteiger partial charge in [-0.3, -0.25) is 0 Å². The molecule has 0 N–H and O–H groups in total. The summed E-state index contributed by atoms with van der Waals surface area (Å²) in [6.45, 7) is 2.96. The predicted molar refractivity (Wildman–Crippen MR) is 19.8 cm³/mol. The van der Waals surface area contributed by atoms with Gasteiger partial charge in [0.05, 0.1) is 0 Å². The van der Waals surface area contributed by atoms with Crippen LogP contribution in [-0.4, -0.2) is 13.6 Å². The minimum atomic E-state index is 0. The molecule has 6 heavy (non-hydrogen) atoms. The van der Waals surface area contributed by atoms with Crippen molar-refractivity contribution >= 4 is 0 Å². The Bertz CT molecular complexity index is 12.8. The molecule has 0 amide bonds. The predicted octanol–water partition coefficient (Wildman–Crippen LogP) is 1.00. The third kappa shape index (κ3) is 16.8. The van der Waals surface area contributed by atoms with E-state index >= 15 is 0 Å². The number of hydrogen-bond donors (Lipinski definition) is 0. The summed E-state index contributed by atoms with van der Waals surface area (Å²) in [5.41, 5.74) is 0. The van der Waals surface area contributed by atoms with Gasteiger partial charge in [-0.25, -0.2) is 0 Å². The van der Waals surface area contributed by atoms with Crippen molar-refractivity contribution in [3.8, 4) is 0 Å². The van der Waals surface area contributed by atoms with Crippen LogP contribution >= 0.6 is 0 Å². The third-order valence-corrected chi connectivity index (χ3v) is 0.316. The van der Waals surface area contributed by atoms with Crippen LogP contribution in [-0.2, 0) is 58.9 Å². The quantitative estimate of drug-likeness (QED) is 0.647. The molecule has 0 heterocycles. The molecule has 0 rings (SSSR count). The molecule has 0 aliphatic heterocycles. The van der Waals surface area contributed by atoms with Crippen LogP contribution in [0.25, 0.3) is 5.32 Å². The molecule has 0 bridgehead atoms. The monoisotopic (exact) mass is 237 g/mol. The summed E-state index contributed by atoms with van der Waals surface area (Å²) in [7, 11) is 1.81. The van der Waals surface area contributed by atoms with E-state index in [-0.39, 0.29) is 58.9 Å². The van der Waals surface area contributed by atoms with Gasteiger partial charge >= 0.3 is 0 Å². The van der Waals surface area contributed by atoms with Gasteiger partial charge in [0.1, 0.15) is 0 Å². The first-order valence-electron chi connectivity index (χ1n) is 1.47. The fourth-order valence-electron chi connectivity index (χ4n) is 0. The topological polar surface area (TPSA) is 14.1 Å². The van der Waals surface area contributed by atoms with Crippen LogP contribution in [0, 0.1) is 0 Å². The molecule has 0 saturated carbocycles. The zero-order chi connectivity index (χ0) is 3.41. The van der Waals surface area contributed by atoms with E-state index in [1.807, 2.05) is 6.92 Å². The molecule has 0 fully saturated rings. The first-order chi connectivity index (χ1) is 1.91. The maximum Gasteiger partial charge on any atom is 0 e. The summed E-state index contributed by atoms with van der Waals surface area (Å²) in [6, 6.07) is 0. The minimum absolute atomic E-state index is 0. The molecule has 3 heteroatoms. The Hall–Kier alpha value is 1.95. The molecule has 0 unspecified atom stereocenters. The Labute approximate surface area is 83.7 Å². The molecule has 0 atom stereocenters. The number of rotatable bonds is 1. The average molecular weight is 238 g/mol. The van der Waals surface area contributed by atoms with Crippen LogP contribution in [0.5, 0.6) is 0 Å². The van der Waals surface area contributed by atoms with Gasteiger partial charge in [0, 0.05) is 58.9 Å². The van der Waals surface area contributed by atoms with Crippen LogP contribution in [0.4, 0.5) is 0 Å². The maximum atomic E-state index is 3.74. The van der Waals surface area contributed by atoms with E-state index in [4.69, 9.17) is 0 Å². The van der Waals surface area contributed by atoms with E-state index < -0.39 is 0 Å². The van der Waals surface area contributed by atoms with Crippen molar-refractivity contribution in [2.75, 3.05) is 13.6 Å². The smallest absolute Gasteiger partial charge is 0 e. The molecule has 0 saturated heterocycles. The molecule has 0 aromatic carbocycles. The van der Waals surface area contributed by atoms with E-state index in [1.165, 1.54) is 0 Å². The zero-order valence-electron chi connectivity index (χ0n) is 4.23. The normalized spacial score (nSPS) is 5.00. The molecular formula is C3H8NYZr-. The van der Waals surface area contributed by atoms with E-state index in [2.05, 4.69) is 5.32 Å². The van der Waals surface area contributed by atoms with Crippen molar-refractivity contribution in [1.29, 1.82) is 0 Å². The van der Waals surface area contributed by atoms with Crippen molar-refractivity contribution in [3.05, 3.63) is 5.32 Å². The first kappa shape index (κ1) is 15.7. The second kappa shape index (κ2) is 15.8. The zero-order valence-corrected chi connectivity index (χ0v) is 9.53. The van der Waals surface area contributed by atoms with Gasteiger partial charge in [0.15, 0.2) is 0 Å². The fourth-order valence-corrected chi connectivity index (χ4v) is 0. The minimum Gasteiger partial charge on any atom is -0.665 e. The van der Waals surface area contributed by atoms with Gasteiger partial charge in [0.25, 0.3) is 0 Å². The largest absolute Gasteiger partial charge is 0.665 e. The van der Waals surface area contributed by atoms with Crippen LogP contribution < -0.4 is 0 Å². The molecule has 1 nitrogen and oxygen atoms in total. The second-order valence-corrected chi connectivity index (χ2v) is 0.632. The number of hydrogen-bond acceptors (Lipinski definition) is 0. The van der Waals surface area contributed by atoms with Crippen molar-refractivity contribution in [2.45, 2.75) is 6.92 Å². The maximum absolute atomic E-state index is 3.74. The van der Waals surface area contributed by atoms with E-state index in [1.54, 1.807) is 7.05 Å². The van der Waals surface area contributed by atoms with Gasteiger partial charge in [-0.05, 0) is 0 Å². The molecule has 0 spiro atoms. The fraction of sp³-hybridized carbons (Fsp3) is 1.00. The van der Waals surface area contributed by atoms with Crippen LogP contribution in [0.15, 0.2) is 0 Å². The van der Waals surface area contributed by atoms with E-state index in [0.29, 0.717) is 0 Å². The molecular weight excluding hydrogens is 230 g/mol. The summed E-state index contributed by atoms with van der Waals surface area (Å²) in [4.78, 5) is 0. The molecule has 33 valence electrons. The van der Waals surface area contributed by atoms with E-state index in [9.17, 15) is 0 Å². The molecule has 0 aliphatic rings. The van der Waals surface area contributed by atoms with E-state index in [0.717, 1.165) is 6.54 Å². The van der Waals surface area contributed by atoms with Gasteiger partial charge in [-0.2, -0.15) is 13.6 Å². The SMILES string of the molecule is CC[N-]C.[Y].[Zr]. The summed E-state index contributed by atoms with van der Waals surface area (Å²) < 4.78 is 0. The Morgan fingerprint density at radius 2 is 1.67 bits per heavy atom. The third-order valence-electron chi connectivity index (χ3n) is 0.316. The van der Waals surface area contributed by atoms with Crippen molar-refractivity contribution < 1.29 is 58.9 Å². The Balaban J connectivity index is -0.0000000450. The Morgan fingerprint density at radius 3 is 1.67 bits per heavy atom. The Kier molecular flexibility index (Phi) is 41.2. The molecule has 0 aliphatic carbocycles. The molecule has 0 aromatic heterocycles. The average Bonchev–Trinajstić information content (AvgIpc) is 1.37. The number of nitrogens with zero attached hydrogens (tertiary/aromatic N) is 1. The van der Waals surface area contributed by atoms with Gasteiger partial charge in [-0.15, -0.1) is 0 Å². The first-order valence-corrected chi connectivity index (χ1v) is 1.47. The Morgan fingerprint density at radius 1 is 1.50 bits per heavy atom. The van der Waals surface area contributed by atoms with Crippen LogP contribution in [0.2, 0.25) is 0 Å². The summed E-state index contributed by atoms with van der Waals surface area (Å²) in [5.74, 6) is 0. The summed E-state index contributed by atoms with van der Waals surface area (Å²) >= 11 is 0. The van der Waals surface area contributed by atoms with Crippen molar-refractivity contribution in [2.24, 2.45) is 0 Å². The van der Waals surface area contributed by atoms with Gasteiger partial charge in [0.2, 0.25) is 0 Å². The molecule has 1 radical (unpaired) electrons. The molecule has 0 aromatic rings. The summed E-state index contributed by atoms with van der Waals surface area (Å²) in [5, 5.41) is 3.74. The standard InChI is InChI=1S/C3H8N.Y.Zr/c1-3-4-2;;/h3H2,1-2H3;;/q-1;;.